The normalized spacial score (nSPS) is 23.6. The van der Waals surface area contributed by atoms with Crippen molar-refractivity contribution in [2.24, 2.45) is 10.9 Å². The van der Waals surface area contributed by atoms with E-state index in [2.05, 4.69) is 22.1 Å². The number of hydrogen-bond acceptors (Lipinski definition) is 4. The Labute approximate surface area is 178 Å². The lowest BCUT2D eigenvalue weighted by Crippen LogP contribution is -3.15. The predicted octanol–water partition coefficient (Wildman–Crippen LogP) is 0.484. The van der Waals surface area contributed by atoms with Crippen LogP contribution in [0.15, 0.2) is 35.3 Å². The Morgan fingerprint density at radius 1 is 1.21 bits per heavy atom. The molecule has 3 rings (SSSR count). The van der Waals surface area contributed by atoms with Gasteiger partial charge in [-0.1, -0.05) is 30.3 Å². The number of hydrogen-bond donors (Lipinski definition) is 2. The van der Waals surface area contributed by atoms with Gasteiger partial charge in [0.25, 0.3) is 0 Å². The Kier molecular flexibility index (Phi) is 7.89. The topological polar surface area (TPSA) is 66.2 Å². The molecule has 0 bridgehead atoms. The molecular formula is C22H31N4O2S+. The van der Waals surface area contributed by atoms with Crippen LogP contribution in [0, 0.1) is 5.92 Å². The summed E-state index contributed by atoms with van der Waals surface area (Å²) in [7, 11) is 0. The van der Waals surface area contributed by atoms with E-state index in [4.69, 9.17) is 12.2 Å². The van der Waals surface area contributed by atoms with E-state index in [0.29, 0.717) is 19.4 Å². The molecule has 1 heterocycles. The van der Waals surface area contributed by atoms with Crippen molar-refractivity contribution < 1.29 is 14.5 Å². The van der Waals surface area contributed by atoms with Crippen molar-refractivity contribution in [3.8, 4) is 0 Å². The molecule has 0 atom stereocenters. The first kappa shape index (κ1) is 21.6. The summed E-state index contributed by atoms with van der Waals surface area (Å²) in [5.74, 6) is -0.650. The van der Waals surface area contributed by atoms with Crippen LogP contribution in [0.2, 0.25) is 0 Å². The van der Waals surface area contributed by atoms with Crippen molar-refractivity contribution in [3.63, 3.8) is 0 Å². The fourth-order valence-electron chi connectivity index (χ4n) is 4.06. The number of benzene rings is 1. The first-order valence-electron chi connectivity index (χ1n) is 10.5. The maximum absolute atomic E-state index is 12.5. The van der Waals surface area contributed by atoms with Gasteiger partial charge in [-0.3, -0.25) is 14.6 Å². The number of nitrogens with zero attached hydrogens (tertiary/aromatic N) is 2. The Bertz CT molecular complexity index is 726. The molecule has 1 aliphatic heterocycles. The SMILES string of the molecule is CCNC(=S)N1CC[NH+](CCN=CC2C(=O)CC(c3ccccc3)CC2=O)CC1. The lowest BCUT2D eigenvalue weighted by atomic mass is 9.77. The second kappa shape index (κ2) is 10.6. The number of quaternary nitrogens is 1. The van der Waals surface area contributed by atoms with Gasteiger partial charge in [-0.15, -0.1) is 0 Å². The van der Waals surface area contributed by atoms with E-state index in [9.17, 15) is 9.59 Å². The average Bonchev–Trinajstić information content (AvgIpc) is 2.74. The van der Waals surface area contributed by atoms with Gasteiger partial charge in [0.2, 0.25) is 0 Å². The molecule has 0 aromatic heterocycles. The van der Waals surface area contributed by atoms with Gasteiger partial charge in [0.05, 0.1) is 39.3 Å². The summed E-state index contributed by atoms with van der Waals surface area (Å²) < 4.78 is 0. The number of carbonyl (C=O) groups excluding carboxylic acids is 2. The van der Waals surface area contributed by atoms with Crippen LogP contribution in [-0.4, -0.2) is 73.6 Å². The van der Waals surface area contributed by atoms with E-state index < -0.39 is 5.92 Å². The number of nitrogens with one attached hydrogen (secondary N) is 2. The van der Waals surface area contributed by atoms with E-state index in [0.717, 1.165) is 49.9 Å². The molecule has 0 unspecified atom stereocenters. The molecule has 1 aromatic rings. The van der Waals surface area contributed by atoms with Crippen molar-refractivity contribution >= 4 is 35.1 Å². The summed E-state index contributed by atoms with van der Waals surface area (Å²) in [5, 5.41) is 4.04. The summed E-state index contributed by atoms with van der Waals surface area (Å²) >= 11 is 5.37. The lowest BCUT2D eigenvalue weighted by molar-refractivity contribution is -0.902. The molecule has 1 aromatic carbocycles. The van der Waals surface area contributed by atoms with Crippen molar-refractivity contribution in [1.29, 1.82) is 0 Å². The van der Waals surface area contributed by atoms with Gasteiger partial charge < -0.3 is 15.1 Å². The summed E-state index contributed by atoms with van der Waals surface area (Å²) in [6.45, 7) is 8.42. The minimum atomic E-state index is -0.653. The molecule has 0 spiro atoms. The first-order valence-corrected chi connectivity index (χ1v) is 11.0. The largest absolute Gasteiger partial charge is 0.363 e. The second-order valence-corrected chi connectivity index (χ2v) is 8.19. The van der Waals surface area contributed by atoms with Crippen LogP contribution in [0.1, 0.15) is 31.2 Å². The monoisotopic (exact) mass is 415 g/mol. The lowest BCUT2D eigenvalue weighted by Gasteiger charge is -2.33. The third kappa shape index (κ3) is 5.93. The van der Waals surface area contributed by atoms with Gasteiger partial charge in [0.15, 0.2) is 5.11 Å². The third-order valence-electron chi connectivity index (χ3n) is 5.79. The minimum Gasteiger partial charge on any atom is -0.363 e. The highest BCUT2D eigenvalue weighted by Gasteiger charge is 2.34. The number of rotatable bonds is 6. The number of Topliss-reactive ketones (excluding diaryl/α,β-unsaturated/α-hetero) is 2. The molecule has 2 N–H and O–H groups in total. The van der Waals surface area contributed by atoms with Crippen molar-refractivity contribution in [2.75, 3.05) is 45.8 Å². The van der Waals surface area contributed by atoms with Gasteiger partial charge in [-0.05, 0) is 30.6 Å². The average molecular weight is 416 g/mol. The molecule has 0 radical (unpaired) electrons. The Morgan fingerprint density at radius 3 is 2.48 bits per heavy atom. The fourth-order valence-corrected chi connectivity index (χ4v) is 4.39. The third-order valence-corrected chi connectivity index (χ3v) is 6.20. The molecule has 1 saturated carbocycles. The molecule has 156 valence electrons. The van der Waals surface area contributed by atoms with Crippen LogP contribution in [0.5, 0.6) is 0 Å². The zero-order chi connectivity index (χ0) is 20.6. The second-order valence-electron chi connectivity index (χ2n) is 7.80. The molecule has 6 nitrogen and oxygen atoms in total. The molecule has 2 aliphatic rings. The first-order chi connectivity index (χ1) is 14.1. The van der Waals surface area contributed by atoms with Crippen molar-refractivity contribution in [2.45, 2.75) is 25.7 Å². The maximum Gasteiger partial charge on any atom is 0.169 e. The molecule has 29 heavy (non-hydrogen) atoms. The van der Waals surface area contributed by atoms with Crippen LogP contribution in [0.3, 0.4) is 0 Å². The van der Waals surface area contributed by atoms with Crippen LogP contribution in [-0.2, 0) is 9.59 Å². The number of piperazine rings is 1. The summed E-state index contributed by atoms with van der Waals surface area (Å²) in [6, 6.07) is 9.84. The van der Waals surface area contributed by atoms with Crippen LogP contribution >= 0.6 is 12.2 Å². The van der Waals surface area contributed by atoms with Gasteiger partial charge in [-0.2, -0.15) is 0 Å². The van der Waals surface area contributed by atoms with E-state index in [1.165, 1.54) is 4.90 Å². The van der Waals surface area contributed by atoms with Crippen molar-refractivity contribution in [1.82, 2.24) is 10.2 Å². The highest BCUT2D eigenvalue weighted by Crippen LogP contribution is 2.31. The standard InChI is InChI=1S/C22H30N4O2S/c1-2-24-22(29)26-12-10-25(11-13-26)9-8-23-16-19-20(27)14-18(15-21(19)28)17-6-4-3-5-7-17/h3-7,16,18-19H,2,8-15H2,1H3,(H,24,29)/p+1. The van der Waals surface area contributed by atoms with Crippen LogP contribution in [0.25, 0.3) is 0 Å². The Balaban J connectivity index is 1.41. The number of aliphatic imine (C=N–C) groups is 1. The van der Waals surface area contributed by atoms with Gasteiger partial charge in [0.1, 0.15) is 17.5 Å². The summed E-state index contributed by atoms with van der Waals surface area (Å²) in [4.78, 5) is 33.1. The number of ketones is 2. The van der Waals surface area contributed by atoms with E-state index >= 15 is 0 Å². The molecular weight excluding hydrogens is 384 g/mol. The van der Waals surface area contributed by atoms with Gasteiger partial charge in [-0.25, -0.2) is 0 Å². The Hall–Kier alpha value is -2.12. The van der Waals surface area contributed by atoms with E-state index in [-0.39, 0.29) is 17.5 Å². The zero-order valence-electron chi connectivity index (χ0n) is 17.1. The molecule has 1 saturated heterocycles. The smallest absolute Gasteiger partial charge is 0.169 e. The quantitative estimate of drug-likeness (QED) is 0.402. The number of thiocarbonyl (C=S) groups is 1. The van der Waals surface area contributed by atoms with Crippen LogP contribution in [0.4, 0.5) is 0 Å². The predicted molar refractivity (Wildman–Crippen MR) is 119 cm³/mol. The fraction of sp³-hybridized carbons (Fsp3) is 0.545. The minimum absolute atomic E-state index is 0.00301. The highest BCUT2D eigenvalue weighted by atomic mass is 32.1. The molecule has 7 heteroatoms. The maximum atomic E-state index is 12.5. The molecule has 2 fully saturated rings. The van der Waals surface area contributed by atoms with Gasteiger partial charge in [0, 0.05) is 25.6 Å². The highest BCUT2D eigenvalue weighted by molar-refractivity contribution is 7.80. The number of carbonyl (C=O) groups is 2. The van der Waals surface area contributed by atoms with Gasteiger partial charge >= 0.3 is 0 Å². The summed E-state index contributed by atoms with van der Waals surface area (Å²) in [6.07, 6.45) is 2.44. The van der Waals surface area contributed by atoms with E-state index in [1.54, 1.807) is 6.21 Å². The molecule has 1 aliphatic carbocycles. The zero-order valence-corrected chi connectivity index (χ0v) is 17.9. The molecule has 0 amide bonds. The van der Waals surface area contributed by atoms with Crippen molar-refractivity contribution in [3.05, 3.63) is 35.9 Å². The van der Waals surface area contributed by atoms with Crippen LogP contribution < -0.4 is 10.2 Å². The summed E-state index contributed by atoms with van der Waals surface area (Å²) in [5.41, 5.74) is 1.07. The van der Waals surface area contributed by atoms with E-state index in [1.807, 2.05) is 30.3 Å². The Morgan fingerprint density at radius 2 is 1.86 bits per heavy atom.